The van der Waals surface area contributed by atoms with Crippen LogP contribution in [-0.4, -0.2) is 73.5 Å². The van der Waals surface area contributed by atoms with Gasteiger partial charge < -0.3 is 20.4 Å². The van der Waals surface area contributed by atoms with Gasteiger partial charge in [0.2, 0.25) is 5.91 Å². The molecular weight excluding hydrogens is 429 g/mol. The molecule has 0 radical (unpaired) electrons. The van der Waals surface area contributed by atoms with Gasteiger partial charge in [-0.05, 0) is 39.4 Å². The zero-order valence-corrected chi connectivity index (χ0v) is 19.0. The van der Waals surface area contributed by atoms with Crippen LogP contribution in [0.3, 0.4) is 0 Å². The molecule has 1 aliphatic heterocycles. The van der Waals surface area contributed by atoms with Gasteiger partial charge in [-0.1, -0.05) is 27.7 Å². The van der Waals surface area contributed by atoms with Crippen molar-refractivity contribution in [1.82, 2.24) is 20.4 Å². The van der Waals surface area contributed by atoms with Gasteiger partial charge in [0.05, 0.1) is 0 Å². The van der Waals surface area contributed by atoms with E-state index in [2.05, 4.69) is 41.3 Å². The molecule has 1 fully saturated rings. The second-order valence-electron chi connectivity index (χ2n) is 6.71. The van der Waals surface area contributed by atoms with E-state index in [1.165, 1.54) is 0 Å². The van der Waals surface area contributed by atoms with Gasteiger partial charge in [-0.25, -0.2) is 0 Å². The standard InChI is InChI=1S/C18H37N5O.HI/c1-6-19-18(20-11-9-12-22(7-2)8-3)21-16-10-13-23(14-16)17(24)15(4)5;/h15-16H,6-14H2,1-5H3,(H2,19,20,21);1H. The molecule has 6 nitrogen and oxygen atoms in total. The van der Waals surface area contributed by atoms with Gasteiger partial charge in [-0.2, -0.15) is 0 Å². The van der Waals surface area contributed by atoms with E-state index in [0.29, 0.717) is 6.04 Å². The third kappa shape index (κ3) is 9.08. The van der Waals surface area contributed by atoms with Crippen molar-refractivity contribution in [2.24, 2.45) is 10.9 Å². The number of hydrogen-bond acceptors (Lipinski definition) is 3. The van der Waals surface area contributed by atoms with Crippen LogP contribution >= 0.6 is 24.0 Å². The first-order valence-electron chi connectivity index (χ1n) is 9.57. The van der Waals surface area contributed by atoms with E-state index in [0.717, 1.165) is 64.6 Å². The van der Waals surface area contributed by atoms with Gasteiger partial charge >= 0.3 is 0 Å². The lowest BCUT2D eigenvalue weighted by Crippen LogP contribution is -2.45. The number of hydrogen-bond donors (Lipinski definition) is 2. The largest absolute Gasteiger partial charge is 0.357 e. The van der Waals surface area contributed by atoms with Crippen molar-refractivity contribution in [2.75, 3.05) is 45.8 Å². The quantitative estimate of drug-likeness (QED) is 0.236. The summed E-state index contributed by atoms with van der Waals surface area (Å²) in [6.07, 6.45) is 2.06. The average Bonchev–Trinajstić information content (AvgIpc) is 3.02. The summed E-state index contributed by atoms with van der Waals surface area (Å²) in [5.74, 6) is 1.20. The number of halogens is 1. The zero-order valence-electron chi connectivity index (χ0n) is 16.7. The summed E-state index contributed by atoms with van der Waals surface area (Å²) in [6.45, 7) is 17.0. The monoisotopic (exact) mass is 467 g/mol. The summed E-state index contributed by atoms with van der Waals surface area (Å²) in [5.41, 5.74) is 0. The number of carbonyl (C=O) groups is 1. The molecule has 2 N–H and O–H groups in total. The summed E-state index contributed by atoms with van der Waals surface area (Å²) in [4.78, 5) is 21.2. The van der Waals surface area contributed by atoms with Crippen LogP contribution in [-0.2, 0) is 4.79 Å². The molecule has 148 valence electrons. The minimum Gasteiger partial charge on any atom is -0.357 e. The van der Waals surface area contributed by atoms with E-state index < -0.39 is 0 Å². The highest BCUT2D eigenvalue weighted by molar-refractivity contribution is 14.0. The van der Waals surface area contributed by atoms with Crippen molar-refractivity contribution >= 4 is 35.8 Å². The first kappa shape index (κ1) is 24.4. The number of amides is 1. The van der Waals surface area contributed by atoms with Crippen LogP contribution in [0.5, 0.6) is 0 Å². The number of guanidine groups is 1. The molecule has 1 aliphatic rings. The van der Waals surface area contributed by atoms with E-state index in [1.807, 2.05) is 18.7 Å². The fourth-order valence-electron chi connectivity index (χ4n) is 2.98. The molecule has 0 aromatic carbocycles. The molecule has 1 rings (SSSR count). The topological polar surface area (TPSA) is 60.0 Å². The second kappa shape index (κ2) is 13.6. The zero-order chi connectivity index (χ0) is 17.9. The van der Waals surface area contributed by atoms with Crippen LogP contribution in [0.4, 0.5) is 0 Å². The minimum atomic E-state index is 0. The molecule has 1 heterocycles. The lowest BCUT2D eigenvalue weighted by Gasteiger charge is -2.20. The normalized spacial score (nSPS) is 17.8. The van der Waals surface area contributed by atoms with Crippen molar-refractivity contribution < 1.29 is 4.79 Å². The summed E-state index contributed by atoms with van der Waals surface area (Å²) < 4.78 is 0. The van der Waals surface area contributed by atoms with Crippen molar-refractivity contribution in [3.05, 3.63) is 0 Å². The summed E-state index contributed by atoms with van der Waals surface area (Å²) >= 11 is 0. The third-order valence-corrected chi connectivity index (χ3v) is 4.48. The molecule has 0 aromatic heterocycles. The Hall–Kier alpha value is -0.570. The molecular formula is C18H38IN5O. The summed E-state index contributed by atoms with van der Waals surface area (Å²) in [5, 5.41) is 6.80. The number of likely N-dealkylation sites (tertiary alicyclic amines) is 1. The van der Waals surface area contributed by atoms with Crippen LogP contribution in [0.2, 0.25) is 0 Å². The van der Waals surface area contributed by atoms with Crippen molar-refractivity contribution in [3.63, 3.8) is 0 Å². The molecule has 1 unspecified atom stereocenters. The average molecular weight is 467 g/mol. The van der Waals surface area contributed by atoms with E-state index >= 15 is 0 Å². The maximum Gasteiger partial charge on any atom is 0.225 e. The Kier molecular flexibility index (Phi) is 13.3. The molecule has 0 bridgehead atoms. The molecule has 0 aromatic rings. The Morgan fingerprint density at radius 2 is 1.96 bits per heavy atom. The fraction of sp³-hybridized carbons (Fsp3) is 0.889. The highest BCUT2D eigenvalue weighted by atomic mass is 127. The Balaban J connectivity index is 0.00000576. The van der Waals surface area contributed by atoms with Crippen molar-refractivity contribution in [1.29, 1.82) is 0 Å². The Morgan fingerprint density at radius 1 is 1.28 bits per heavy atom. The van der Waals surface area contributed by atoms with Crippen molar-refractivity contribution in [3.8, 4) is 0 Å². The predicted octanol–water partition coefficient (Wildman–Crippen LogP) is 2.15. The molecule has 0 aliphatic carbocycles. The molecule has 7 heteroatoms. The van der Waals surface area contributed by atoms with Gasteiger partial charge in [-0.15, -0.1) is 24.0 Å². The molecule has 1 atom stereocenters. The van der Waals surface area contributed by atoms with E-state index in [1.54, 1.807) is 0 Å². The van der Waals surface area contributed by atoms with Crippen LogP contribution in [0.1, 0.15) is 47.5 Å². The fourth-order valence-corrected chi connectivity index (χ4v) is 2.98. The molecule has 1 saturated heterocycles. The van der Waals surface area contributed by atoms with Crippen LogP contribution in [0, 0.1) is 5.92 Å². The van der Waals surface area contributed by atoms with Gasteiger partial charge in [0.15, 0.2) is 5.96 Å². The smallest absolute Gasteiger partial charge is 0.225 e. The number of rotatable bonds is 9. The van der Waals surface area contributed by atoms with Crippen LogP contribution in [0.25, 0.3) is 0 Å². The Labute approximate surface area is 171 Å². The highest BCUT2D eigenvalue weighted by Crippen LogP contribution is 2.12. The molecule has 0 saturated carbocycles. The molecule has 25 heavy (non-hydrogen) atoms. The maximum absolute atomic E-state index is 12.1. The lowest BCUT2D eigenvalue weighted by molar-refractivity contribution is -0.133. The number of carbonyl (C=O) groups excluding carboxylic acids is 1. The van der Waals surface area contributed by atoms with Gasteiger partial charge in [0.25, 0.3) is 0 Å². The minimum absolute atomic E-state index is 0. The third-order valence-electron chi connectivity index (χ3n) is 4.48. The lowest BCUT2D eigenvalue weighted by atomic mass is 10.2. The van der Waals surface area contributed by atoms with Crippen LogP contribution < -0.4 is 10.6 Å². The second-order valence-corrected chi connectivity index (χ2v) is 6.71. The summed E-state index contributed by atoms with van der Waals surface area (Å²) in [7, 11) is 0. The highest BCUT2D eigenvalue weighted by Gasteiger charge is 2.27. The molecule has 0 spiro atoms. The van der Waals surface area contributed by atoms with E-state index in [4.69, 9.17) is 0 Å². The SMILES string of the molecule is CCNC(=NCCCN(CC)CC)NC1CCN(C(=O)C(C)C)C1.I. The number of nitrogens with zero attached hydrogens (tertiary/aromatic N) is 3. The maximum atomic E-state index is 12.1. The number of aliphatic imine (C=N–C) groups is 1. The first-order chi connectivity index (χ1) is 11.5. The summed E-state index contributed by atoms with van der Waals surface area (Å²) in [6, 6.07) is 0.299. The van der Waals surface area contributed by atoms with Crippen LogP contribution in [0.15, 0.2) is 4.99 Å². The Morgan fingerprint density at radius 3 is 2.52 bits per heavy atom. The first-order valence-corrected chi connectivity index (χ1v) is 9.57. The van der Waals surface area contributed by atoms with Gasteiger partial charge in [0.1, 0.15) is 0 Å². The van der Waals surface area contributed by atoms with Gasteiger partial charge in [-0.3, -0.25) is 9.79 Å². The van der Waals surface area contributed by atoms with Gasteiger partial charge in [0, 0.05) is 38.1 Å². The predicted molar refractivity (Wildman–Crippen MR) is 117 cm³/mol. The van der Waals surface area contributed by atoms with E-state index in [-0.39, 0.29) is 35.8 Å². The number of nitrogens with one attached hydrogen (secondary N) is 2. The molecule has 1 amide bonds. The van der Waals surface area contributed by atoms with E-state index in [9.17, 15) is 4.79 Å². The van der Waals surface area contributed by atoms with Crippen molar-refractivity contribution in [2.45, 2.75) is 53.5 Å². The Bertz CT molecular complexity index is 399.